The summed E-state index contributed by atoms with van der Waals surface area (Å²) in [5, 5.41) is 2.24. The molecule has 17 heavy (non-hydrogen) atoms. The SMILES string of the molecule is c1ccc(CN2NCCc3ccccc32)cc1. The molecule has 2 aromatic carbocycles. The normalized spacial score (nSPS) is 14.5. The third-order valence-electron chi connectivity index (χ3n) is 3.16. The van der Waals surface area contributed by atoms with Gasteiger partial charge in [-0.15, -0.1) is 0 Å². The van der Waals surface area contributed by atoms with Gasteiger partial charge in [0.15, 0.2) is 0 Å². The molecule has 1 heterocycles. The van der Waals surface area contributed by atoms with Crippen LogP contribution >= 0.6 is 0 Å². The van der Waals surface area contributed by atoms with Gasteiger partial charge >= 0.3 is 0 Å². The molecule has 0 aromatic heterocycles. The van der Waals surface area contributed by atoms with E-state index in [1.165, 1.54) is 16.8 Å². The van der Waals surface area contributed by atoms with Crippen molar-refractivity contribution in [3.63, 3.8) is 0 Å². The highest BCUT2D eigenvalue weighted by molar-refractivity contribution is 5.54. The first-order valence-electron chi connectivity index (χ1n) is 6.06. The number of benzene rings is 2. The van der Waals surface area contributed by atoms with Gasteiger partial charge in [-0.2, -0.15) is 0 Å². The van der Waals surface area contributed by atoms with E-state index in [-0.39, 0.29) is 0 Å². The van der Waals surface area contributed by atoms with Gasteiger partial charge in [-0.25, -0.2) is 5.43 Å². The Morgan fingerprint density at radius 1 is 0.941 bits per heavy atom. The van der Waals surface area contributed by atoms with E-state index in [9.17, 15) is 0 Å². The van der Waals surface area contributed by atoms with E-state index in [2.05, 4.69) is 65.0 Å². The van der Waals surface area contributed by atoms with E-state index in [1.54, 1.807) is 0 Å². The first-order chi connectivity index (χ1) is 8.43. The van der Waals surface area contributed by atoms with E-state index < -0.39 is 0 Å². The van der Waals surface area contributed by atoms with Crippen molar-refractivity contribution < 1.29 is 0 Å². The molecule has 2 aromatic rings. The zero-order chi connectivity index (χ0) is 11.5. The van der Waals surface area contributed by atoms with Crippen LogP contribution in [0.25, 0.3) is 0 Å². The van der Waals surface area contributed by atoms with Crippen LogP contribution in [0.3, 0.4) is 0 Å². The number of anilines is 1. The number of hydrazine groups is 1. The molecule has 0 fully saturated rings. The second-order valence-electron chi connectivity index (χ2n) is 4.36. The molecule has 0 amide bonds. The molecule has 1 aliphatic heterocycles. The van der Waals surface area contributed by atoms with Gasteiger partial charge in [0, 0.05) is 6.54 Å². The van der Waals surface area contributed by atoms with Crippen LogP contribution in [0.5, 0.6) is 0 Å². The monoisotopic (exact) mass is 224 g/mol. The summed E-state index contributed by atoms with van der Waals surface area (Å²) in [6, 6.07) is 19.2. The molecule has 0 saturated carbocycles. The van der Waals surface area contributed by atoms with Crippen molar-refractivity contribution in [1.82, 2.24) is 5.43 Å². The summed E-state index contributed by atoms with van der Waals surface area (Å²) in [6.07, 6.45) is 1.11. The van der Waals surface area contributed by atoms with Crippen LogP contribution < -0.4 is 10.4 Å². The van der Waals surface area contributed by atoms with Gasteiger partial charge in [0.2, 0.25) is 0 Å². The maximum absolute atomic E-state index is 3.46. The lowest BCUT2D eigenvalue weighted by molar-refractivity contribution is 0.591. The van der Waals surface area contributed by atoms with Crippen LogP contribution in [0.2, 0.25) is 0 Å². The van der Waals surface area contributed by atoms with Crippen LogP contribution in [0.15, 0.2) is 54.6 Å². The van der Waals surface area contributed by atoms with Crippen LogP contribution in [-0.4, -0.2) is 6.54 Å². The Morgan fingerprint density at radius 2 is 1.71 bits per heavy atom. The fourth-order valence-corrected chi connectivity index (χ4v) is 2.30. The number of hydrogen-bond acceptors (Lipinski definition) is 2. The third kappa shape index (κ3) is 2.17. The van der Waals surface area contributed by atoms with Crippen molar-refractivity contribution in [2.45, 2.75) is 13.0 Å². The molecule has 0 aliphatic carbocycles. The lowest BCUT2D eigenvalue weighted by atomic mass is 10.1. The molecule has 3 rings (SSSR count). The van der Waals surface area contributed by atoms with Gasteiger partial charge in [-0.1, -0.05) is 48.5 Å². The summed E-state index contributed by atoms with van der Waals surface area (Å²) in [7, 11) is 0. The van der Waals surface area contributed by atoms with Crippen LogP contribution in [0.4, 0.5) is 5.69 Å². The first kappa shape index (κ1) is 10.4. The van der Waals surface area contributed by atoms with Gasteiger partial charge < -0.3 is 5.01 Å². The Kier molecular flexibility index (Phi) is 2.80. The molecular formula is C15H16N2. The quantitative estimate of drug-likeness (QED) is 0.843. The minimum absolute atomic E-state index is 0.915. The molecule has 2 nitrogen and oxygen atoms in total. The summed E-state index contributed by atoms with van der Waals surface area (Å²) >= 11 is 0. The average molecular weight is 224 g/mol. The van der Waals surface area contributed by atoms with Crippen molar-refractivity contribution >= 4 is 5.69 Å². The molecule has 0 radical (unpaired) electrons. The molecule has 1 N–H and O–H groups in total. The maximum atomic E-state index is 3.46. The standard InChI is InChI=1S/C15H16N2/c1-2-6-13(7-3-1)12-17-15-9-5-4-8-14(15)10-11-16-17/h1-9,16H,10-12H2. The van der Waals surface area contributed by atoms with E-state index in [0.717, 1.165) is 19.5 Å². The largest absolute Gasteiger partial charge is 0.304 e. The lowest BCUT2D eigenvalue weighted by Crippen LogP contribution is -2.42. The third-order valence-corrected chi connectivity index (χ3v) is 3.16. The molecule has 0 atom stereocenters. The Balaban J connectivity index is 1.86. The van der Waals surface area contributed by atoms with Crippen LogP contribution in [0, 0.1) is 0 Å². The fraction of sp³-hybridized carbons (Fsp3) is 0.200. The Bertz CT molecular complexity index is 493. The lowest BCUT2D eigenvalue weighted by Gasteiger charge is -2.32. The summed E-state index contributed by atoms with van der Waals surface area (Å²) in [5.41, 5.74) is 7.53. The summed E-state index contributed by atoms with van der Waals surface area (Å²) < 4.78 is 0. The highest BCUT2D eigenvalue weighted by atomic mass is 15.5. The fourth-order valence-electron chi connectivity index (χ4n) is 2.30. The first-order valence-corrected chi connectivity index (χ1v) is 6.06. The summed E-state index contributed by atoms with van der Waals surface area (Å²) in [5.74, 6) is 0. The van der Waals surface area contributed by atoms with Crippen molar-refractivity contribution in [2.24, 2.45) is 0 Å². The number of hydrogen-bond donors (Lipinski definition) is 1. The second kappa shape index (κ2) is 4.60. The van der Waals surface area contributed by atoms with E-state index in [4.69, 9.17) is 0 Å². The number of para-hydroxylation sites is 1. The Hall–Kier alpha value is -1.80. The zero-order valence-corrected chi connectivity index (χ0v) is 9.76. The number of fused-ring (bicyclic) bond motifs is 1. The van der Waals surface area contributed by atoms with Crippen molar-refractivity contribution in [3.05, 3.63) is 65.7 Å². The molecule has 0 spiro atoms. The molecule has 1 aliphatic rings. The van der Waals surface area contributed by atoms with E-state index in [1.807, 2.05) is 0 Å². The molecule has 2 heteroatoms. The summed E-state index contributed by atoms with van der Waals surface area (Å²) in [4.78, 5) is 0. The zero-order valence-electron chi connectivity index (χ0n) is 9.76. The van der Waals surface area contributed by atoms with Crippen molar-refractivity contribution in [2.75, 3.05) is 11.6 Å². The Labute approximate surface area is 102 Å². The minimum atomic E-state index is 0.915. The Morgan fingerprint density at radius 3 is 2.59 bits per heavy atom. The second-order valence-corrected chi connectivity index (χ2v) is 4.36. The van der Waals surface area contributed by atoms with Gasteiger partial charge in [0.05, 0.1) is 12.2 Å². The van der Waals surface area contributed by atoms with Crippen LogP contribution in [0.1, 0.15) is 11.1 Å². The van der Waals surface area contributed by atoms with Crippen molar-refractivity contribution in [1.29, 1.82) is 0 Å². The average Bonchev–Trinajstić information content (AvgIpc) is 2.40. The highest BCUT2D eigenvalue weighted by Gasteiger charge is 2.15. The molecular weight excluding hydrogens is 208 g/mol. The van der Waals surface area contributed by atoms with E-state index in [0.29, 0.717) is 0 Å². The molecule has 0 unspecified atom stereocenters. The van der Waals surface area contributed by atoms with E-state index >= 15 is 0 Å². The predicted octanol–water partition coefficient (Wildman–Crippen LogP) is 2.75. The molecule has 0 bridgehead atoms. The number of rotatable bonds is 2. The number of nitrogens with one attached hydrogen (secondary N) is 1. The van der Waals surface area contributed by atoms with Gasteiger partial charge in [-0.3, -0.25) is 0 Å². The molecule has 0 saturated heterocycles. The number of nitrogens with zero attached hydrogens (tertiary/aromatic N) is 1. The minimum Gasteiger partial charge on any atom is -0.304 e. The molecule has 86 valence electrons. The summed E-state index contributed by atoms with van der Waals surface area (Å²) in [6.45, 7) is 1.93. The topological polar surface area (TPSA) is 15.3 Å². The highest BCUT2D eigenvalue weighted by Crippen LogP contribution is 2.23. The maximum Gasteiger partial charge on any atom is 0.0595 e. The van der Waals surface area contributed by atoms with Crippen molar-refractivity contribution in [3.8, 4) is 0 Å². The predicted molar refractivity (Wildman–Crippen MR) is 70.8 cm³/mol. The van der Waals surface area contributed by atoms with Gasteiger partial charge in [-0.05, 0) is 23.6 Å². The van der Waals surface area contributed by atoms with Crippen LogP contribution in [-0.2, 0) is 13.0 Å². The van der Waals surface area contributed by atoms with Gasteiger partial charge in [0.25, 0.3) is 0 Å². The smallest absolute Gasteiger partial charge is 0.0595 e. The van der Waals surface area contributed by atoms with Gasteiger partial charge in [0.1, 0.15) is 0 Å².